The number of nitrogens with one attached hydrogen (secondary N) is 2. The molecule has 8 nitrogen and oxygen atoms in total. The third-order valence-corrected chi connectivity index (χ3v) is 5.72. The van der Waals surface area contributed by atoms with E-state index in [4.69, 9.17) is 0 Å². The molecule has 3 aromatic rings. The number of pyridine rings is 1. The van der Waals surface area contributed by atoms with Crippen LogP contribution in [0.15, 0.2) is 60.1 Å². The minimum Gasteiger partial charge on any atom is -0.350 e. The van der Waals surface area contributed by atoms with Crippen LogP contribution in [0.4, 0.5) is 5.13 Å². The molecule has 3 amide bonds. The number of rotatable bonds is 9. The van der Waals surface area contributed by atoms with Crippen LogP contribution in [0.5, 0.6) is 0 Å². The largest absolute Gasteiger partial charge is 0.350 e. The molecule has 0 unspecified atom stereocenters. The molecule has 9 heteroatoms. The number of carbonyl (C=O) groups excluding carboxylic acids is 3. The lowest BCUT2D eigenvalue weighted by atomic mass is 10.2. The third kappa shape index (κ3) is 5.98. The molecule has 32 heavy (non-hydrogen) atoms. The van der Waals surface area contributed by atoms with Crippen molar-refractivity contribution in [3.05, 3.63) is 77.1 Å². The maximum Gasteiger partial charge on any atom is 0.254 e. The van der Waals surface area contributed by atoms with Crippen LogP contribution in [-0.4, -0.2) is 45.2 Å². The van der Waals surface area contributed by atoms with Crippen LogP contribution in [-0.2, 0) is 22.6 Å². The van der Waals surface area contributed by atoms with E-state index in [1.165, 1.54) is 11.3 Å². The van der Waals surface area contributed by atoms with Crippen LogP contribution in [0.2, 0.25) is 0 Å². The molecule has 0 spiro atoms. The first-order valence-corrected chi connectivity index (χ1v) is 11.2. The molecule has 1 aliphatic carbocycles. The van der Waals surface area contributed by atoms with Gasteiger partial charge in [-0.05, 0) is 37.1 Å². The van der Waals surface area contributed by atoms with Gasteiger partial charge < -0.3 is 15.5 Å². The summed E-state index contributed by atoms with van der Waals surface area (Å²) >= 11 is 1.25. The first-order chi connectivity index (χ1) is 15.6. The first kappa shape index (κ1) is 21.6. The predicted octanol–water partition coefficient (Wildman–Crippen LogP) is 2.64. The van der Waals surface area contributed by atoms with E-state index < -0.39 is 0 Å². The Morgan fingerprint density at radius 1 is 1.00 bits per heavy atom. The summed E-state index contributed by atoms with van der Waals surface area (Å²) in [5.74, 6) is -0.624. The number of aromatic nitrogens is 2. The maximum absolute atomic E-state index is 12.8. The summed E-state index contributed by atoms with van der Waals surface area (Å²) in [4.78, 5) is 47.6. The molecular formula is C23H23N5O3S. The van der Waals surface area contributed by atoms with E-state index in [0.29, 0.717) is 22.9 Å². The molecule has 1 aromatic carbocycles. The Morgan fingerprint density at radius 3 is 2.50 bits per heavy atom. The average Bonchev–Trinajstić information content (AvgIpc) is 3.57. The summed E-state index contributed by atoms with van der Waals surface area (Å²) < 4.78 is 0. The summed E-state index contributed by atoms with van der Waals surface area (Å²) in [5, 5.41) is 7.70. The van der Waals surface area contributed by atoms with Crippen LogP contribution in [0.1, 0.15) is 34.6 Å². The van der Waals surface area contributed by atoms with Gasteiger partial charge in [-0.15, -0.1) is 11.3 Å². The van der Waals surface area contributed by atoms with Crippen LogP contribution < -0.4 is 10.6 Å². The Bertz CT molecular complexity index is 1080. The van der Waals surface area contributed by atoms with Crippen molar-refractivity contribution in [1.29, 1.82) is 0 Å². The number of hydrogen-bond acceptors (Lipinski definition) is 6. The lowest BCUT2D eigenvalue weighted by Gasteiger charge is -2.21. The van der Waals surface area contributed by atoms with Crippen molar-refractivity contribution < 1.29 is 14.4 Å². The molecule has 1 aliphatic rings. The number of carbonyl (C=O) groups is 3. The van der Waals surface area contributed by atoms with Gasteiger partial charge in [-0.2, -0.15) is 0 Å². The smallest absolute Gasteiger partial charge is 0.254 e. The molecule has 0 radical (unpaired) electrons. The van der Waals surface area contributed by atoms with Crippen LogP contribution in [0.25, 0.3) is 0 Å². The van der Waals surface area contributed by atoms with Crippen molar-refractivity contribution in [1.82, 2.24) is 20.2 Å². The number of benzene rings is 1. The summed E-state index contributed by atoms with van der Waals surface area (Å²) in [6, 6.07) is 14.6. The predicted molar refractivity (Wildman–Crippen MR) is 121 cm³/mol. The second-order valence-electron chi connectivity index (χ2n) is 7.50. The zero-order valence-corrected chi connectivity index (χ0v) is 18.2. The molecule has 164 valence electrons. The number of thiazole rings is 1. The summed E-state index contributed by atoms with van der Waals surface area (Å²) in [6.45, 7) is 0.317. The number of hydrogen-bond donors (Lipinski definition) is 2. The molecule has 2 heterocycles. The molecule has 0 saturated heterocycles. The highest BCUT2D eigenvalue weighted by Gasteiger charge is 2.34. The van der Waals surface area contributed by atoms with Gasteiger partial charge in [0, 0.05) is 23.2 Å². The van der Waals surface area contributed by atoms with Gasteiger partial charge in [0.25, 0.3) is 5.91 Å². The van der Waals surface area contributed by atoms with E-state index >= 15 is 0 Å². The Labute approximate surface area is 189 Å². The van der Waals surface area contributed by atoms with Crippen molar-refractivity contribution >= 4 is 34.2 Å². The number of anilines is 1. The molecule has 1 saturated carbocycles. The summed E-state index contributed by atoms with van der Waals surface area (Å²) in [7, 11) is 0. The third-order valence-electron chi connectivity index (χ3n) is 4.92. The van der Waals surface area contributed by atoms with Gasteiger partial charge in [-0.1, -0.05) is 24.3 Å². The van der Waals surface area contributed by atoms with Crippen molar-refractivity contribution in [3.8, 4) is 0 Å². The fourth-order valence-corrected chi connectivity index (χ4v) is 3.90. The topological polar surface area (TPSA) is 104 Å². The van der Waals surface area contributed by atoms with Crippen LogP contribution >= 0.6 is 11.3 Å². The van der Waals surface area contributed by atoms with Crippen molar-refractivity contribution in [2.45, 2.75) is 31.8 Å². The normalized spacial score (nSPS) is 12.8. The van der Waals surface area contributed by atoms with Gasteiger partial charge in [-0.3, -0.25) is 19.4 Å². The van der Waals surface area contributed by atoms with Gasteiger partial charge >= 0.3 is 0 Å². The van der Waals surface area contributed by atoms with E-state index in [1.54, 1.807) is 28.6 Å². The highest BCUT2D eigenvalue weighted by Crippen LogP contribution is 2.28. The first-order valence-electron chi connectivity index (χ1n) is 10.4. The Morgan fingerprint density at radius 2 is 1.78 bits per heavy atom. The second-order valence-corrected chi connectivity index (χ2v) is 8.36. The molecule has 0 bridgehead atoms. The molecule has 0 atom stereocenters. The molecule has 2 aromatic heterocycles. The Hall–Kier alpha value is -3.59. The van der Waals surface area contributed by atoms with Gasteiger partial charge in [0.05, 0.1) is 24.4 Å². The standard InChI is InChI=1S/C23H23N5O3S/c29-20(25-13-17-8-4-5-11-24-17)12-18-15-32-23(26-18)27-21(30)14-28(19-9-10-19)22(31)16-6-2-1-3-7-16/h1-8,11,15,19H,9-10,12-14H2,(H,25,29)(H,26,27,30). The van der Waals surface area contributed by atoms with E-state index in [2.05, 4.69) is 20.6 Å². The van der Waals surface area contributed by atoms with Gasteiger partial charge in [0.1, 0.15) is 6.54 Å². The average molecular weight is 450 g/mol. The molecule has 1 fully saturated rings. The fraction of sp³-hybridized carbons (Fsp3) is 0.261. The monoisotopic (exact) mass is 449 g/mol. The van der Waals surface area contributed by atoms with Gasteiger partial charge in [0.2, 0.25) is 11.8 Å². The number of amides is 3. The van der Waals surface area contributed by atoms with E-state index in [1.807, 2.05) is 36.4 Å². The van der Waals surface area contributed by atoms with E-state index in [0.717, 1.165) is 18.5 Å². The minimum atomic E-state index is -0.304. The highest BCUT2D eigenvalue weighted by atomic mass is 32.1. The Kier molecular flexibility index (Phi) is 6.86. The maximum atomic E-state index is 12.8. The molecule has 4 rings (SSSR count). The summed E-state index contributed by atoms with van der Waals surface area (Å²) in [6.07, 6.45) is 3.59. The quantitative estimate of drug-likeness (QED) is 0.523. The van der Waals surface area contributed by atoms with E-state index in [9.17, 15) is 14.4 Å². The fourth-order valence-electron chi connectivity index (χ4n) is 3.18. The number of nitrogens with zero attached hydrogens (tertiary/aromatic N) is 3. The molecule has 2 N–H and O–H groups in total. The molecule has 0 aliphatic heterocycles. The highest BCUT2D eigenvalue weighted by molar-refractivity contribution is 7.13. The van der Waals surface area contributed by atoms with Gasteiger partial charge in [0.15, 0.2) is 5.13 Å². The van der Waals surface area contributed by atoms with Crippen LogP contribution in [0.3, 0.4) is 0 Å². The lowest BCUT2D eigenvalue weighted by molar-refractivity contribution is -0.120. The lowest BCUT2D eigenvalue weighted by Crippen LogP contribution is -2.39. The van der Waals surface area contributed by atoms with Crippen molar-refractivity contribution in [2.24, 2.45) is 0 Å². The zero-order chi connectivity index (χ0) is 22.3. The van der Waals surface area contributed by atoms with Crippen molar-refractivity contribution in [2.75, 3.05) is 11.9 Å². The van der Waals surface area contributed by atoms with Crippen molar-refractivity contribution in [3.63, 3.8) is 0 Å². The van der Waals surface area contributed by atoms with Gasteiger partial charge in [-0.25, -0.2) is 4.98 Å². The second kappa shape index (κ2) is 10.1. The zero-order valence-electron chi connectivity index (χ0n) is 17.4. The summed E-state index contributed by atoms with van der Waals surface area (Å²) in [5.41, 5.74) is 1.92. The minimum absolute atomic E-state index is 0.0299. The molecular weight excluding hydrogens is 426 g/mol. The van der Waals surface area contributed by atoms with Crippen LogP contribution in [0, 0.1) is 0 Å². The Balaban J connectivity index is 1.28. The van der Waals surface area contributed by atoms with E-state index in [-0.39, 0.29) is 36.7 Å². The SMILES string of the molecule is O=C(Cc1csc(NC(=O)CN(C(=O)c2ccccc2)C2CC2)n1)NCc1ccccn1.